The van der Waals surface area contributed by atoms with Crippen molar-refractivity contribution in [2.45, 2.75) is 26.3 Å². The van der Waals surface area contributed by atoms with Crippen LogP contribution in [0.5, 0.6) is 0 Å². The Balaban J connectivity index is 2.10. The third-order valence-electron chi connectivity index (χ3n) is 3.22. The van der Waals surface area contributed by atoms with Gasteiger partial charge in [0.2, 0.25) is 11.8 Å². The molecule has 0 aliphatic rings. The summed E-state index contributed by atoms with van der Waals surface area (Å²) in [5.41, 5.74) is 0.988. The first-order chi connectivity index (χ1) is 10.9. The number of benzene rings is 1. The molecule has 122 valence electrons. The summed E-state index contributed by atoms with van der Waals surface area (Å²) in [7, 11) is 0. The number of oxazole rings is 1. The van der Waals surface area contributed by atoms with E-state index in [9.17, 15) is 14.0 Å². The molecule has 0 aliphatic carbocycles. The van der Waals surface area contributed by atoms with Crippen LogP contribution in [0, 0.1) is 5.82 Å². The largest absolute Gasteiger partial charge is 0.480 e. The molecule has 2 aromatic rings. The zero-order chi connectivity index (χ0) is 17.0. The Morgan fingerprint density at radius 1 is 1.30 bits per heavy atom. The number of hydrogen-bond donors (Lipinski definition) is 1. The van der Waals surface area contributed by atoms with Gasteiger partial charge in [-0.1, -0.05) is 0 Å². The van der Waals surface area contributed by atoms with Gasteiger partial charge in [0, 0.05) is 11.6 Å². The minimum absolute atomic E-state index is 0.0594. The van der Waals surface area contributed by atoms with Crippen molar-refractivity contribution in [2.75, 3.05) is 6.54 Å². The summed E-state index contributed by atoms with van der Waals surface area (Å²) in [6.45, 7) is 3.13. The molecule has 0 bridgehead atoms. The Bertz CT molecular complexity index is 694. The summed E-state index contributed by atoms with van der Waals surface area (Å²) in [5.74, 6) is -1.50. The summed E-state index contributed by atoms with van der Waals surface area (Å²) in [4.78, 5) is 28.5. The summed E-state index contributed by atoms with van der Waals surface area (Å²) < 4.78 is 18.2. The van der Waals surface area contributed by atoms with E-state index in [2.05, 4.69) is 4.98 Å². The third kappa shape index (κ3) is 4.38. The van der Waals surface area contributed by atoms with Crippen LogP contribution in [0.15, 0.2) is 34.9 Å². The quantitative estimate of drug-likeness (QED) is 0.883. The first kappa shape index (κ1) is 16.7. The van der Waals surface area contributed by atoms with Crippen molar-refractivity contribution in [3.63, 3.8) is 0 Å². The summed E-state index contributed by atoms with van der Waals surface area (Å²) >= 11 is 0. The lowest BCUT2D eigenvalue weighted by Gasteiger charge is -2.24. The lowest BCUT2D eigenvalue weighted by atomic mass is 10.2. The molecule has 0 spiro atoms. The van der Waals surface area contributed by atoms with Gasteiger partial charge in [-0.25, -0.2) is 9.37 Å². The van der Waals surface area contributed by atoms with Crippen LogP contribution in [0.2, 0.25) is 0 Å². The number of hydrogen-bond acceptors (Lipinski definition) is 4. The van der Waals surface area contributed by atoms with E-state index in [1.54, 1.807) is 13.8 Å². The van der Waals surface area contributed by atoms with Crippen LogP contribution in [0.3, 0.4) is 0 Å². The minimum atomic E-state index is -1.07. The van der Waals surface area contributed by atoms with Crippen molar-refractivity contribution >= 4 is 11.9 Å². The fraction of sp³-hybridized carbons (Fsp3) is 0.312. The number of aliphatic carboxylic acids is 1. The zero-order valence-electron chi connectivity index (χ0n) is 12.8. The molecule has 0 saturated heterocycles. The molecule has 1 N–H and O–H groups in total. The van der Waals surface area contributed by atoms with Gasteiger partial charge in [0.25, 0.3) is 0 Å². The third-order valence-corrected chi connectivity index (χ3v) is 3.22. The maximum atomic E-state index is 12.9. The van der Waals surface area contributed by atoms with Crippen LogP contribution in [-0.2, 0) is 16.0 Å². The number of rotatable bonds is 6. The molecular weight excluding hydrogens is 303 g/mol. The van der Waals surface area contributed by atoms with Gasteiger partial charge in [0.1, 0.15) is 18.6 Å². The fourth-order valence-corrected chi connectivity index (χ4v) is 2.07. The van der Waals surface area contributed by atoms with Gasteiger partial charge in [0.15, 0.2) is 0 Å². The SMILES string of the molecule is CC(C)N(CC(=O)O)C(=O)Cc1coc(-c2ccc(F)cc2)n1. The maximum Gasteiger partial charge on any atom is 0.323 e. The number of carboxylic acids is 1. The Kier molecular flexibility index (Phi) is 5.10. The van der Waals surface area contributed by atoms with Gasteiger partial charge in [-0.3, -0.25) is 9.59 Å². The van der Waals surface area contributed by atoms with E-state index in [1.807, 2.05) is 0 Å². The van der Waals surface area contributed by atoms with Crippen LogP contribution in [-0.4, -0.2) is 39.5 Å². The number of halogens is 1. The molecule has 0 saturated carbocycles. The number of amides is 1. The highest BCUT2D eigenvalue weighted by molar-refractivity contribution is 5.83. The molecule has 0 atom stereocenters. The van der Waals surface area contributed by atoms with Crippen LogP contribution < -0.4 is 0 Å². The molecule has 0 fully saturated rings. The molecule has 1 aromatic carbocycles. The topological polar surface area (TPSA) is 83.6 Å². The van der Waals surface area contributed by atoms with Crippen LogP contribution in [0.4, 0.5) is 4.39 Å². The maximum absolute atomic E-state index is 12.9. The Labute approximate surface area is 132 Å². The van der Waals surface area contributed by atoms with Gasteiger partial charge in [-0.2, -0.15) is 0 Å². The Morgan fingerprint density at radius 2 is 1.96 bits per heavy atom. The van der Waals surface area contributed by atoms with E-state index >= 15 is 0 Å². The van der Waals surface area contributed by atoms with Gasteiger partial charge in [-0.15, -0.1) is 0 Å². The van der Waals surface area contributed by atoms with Crippen molar-refractivity contribution in [1.82, 2.24) is 9.88 Å². The highest BCUT2D eigenvalue weighted by Gasteiger charge is 2.21. The second kappa shape index (κ2) is 7.04. The monoisotopic (exact) mass is 320 g/mol. The smallest absolute Gasteiger partial charge is 0.323 e. The van der Waals surface area contributed by atoms with E-state index in [1.165, 1.54) is 35.4 Å². The number of carboxylic acid groups (broad SMARTS) is 1. The van der Waals surface area contributed by atoms with E-state index in [0.717, 1.165) is 0 Å². The first-order valence-corrected chi connectivity index (χ1v) is 7.08. The van der Waals surface area contributed by atoms with Crippen molar-refractivity contribution in [3.8, 4) is 11.5 Å². The lowest BCUT2D eigenvalue weighted by molar-refractivity contribution is -0.145. The van der Waals surface area contributed by atoms with E-state index in [0.29, 0.717) is 11.3 Å². The summed E-state index contributed by atoms with van der Waals surface area (Å²) in [5, 5.41) is 8.86. The number of carbonyl (C=O) groups excluding carboxylic acids is 1. The number of carbonyl (C=O) groups is 2. The summed E-state index contributed by atoms with van der Waals surface area (Å²) in [6.07, 6.45) is 1.28. The normalized spacial score (nSPS) is 10.8. The van der Waals surface area contributed by atoms with E-state index < -0.39 is 5.97 Å². The lowest BCUT2D eigenvalue weighted by Crippen LogP contribution is -2.41. The minimum Gasteiger partial charge on any atom is -0.480 e. The molecule has 6 nitrogen and oxygen atoms in total. The molecule has 1 heterocycles. The highest BCUT2D eigenvalue weighted by Crippen LogP contribution is 2.19. The van der Waals surface area contributed by atoms with Crippen molar-refractivity contribution in [2.24, 2.45) is 0 Å². The molecule has 1 aromatic heterocycles. The fourth-order valence-electron chi connectivity index (χ4n) is 2.07. The molecule has 0 aliphatic heterocycles. The molecule has 2 rings (SSSR count). The molecule has 1 amide bonds. The molecule has 23 heavy (non-hydrogen) atoms. The molecular formula is C16H17FN2O4. The van der Waals surface area contributed by atoms with Crippen LogP contribution >= 0.6 is 0 Å². The highest BCUT2D eigenvalue weighted by atomic mass is 19.1. The van der Waals surface area contributed by atoms with Crippen LogP contribution in [0.1, 0.15) is 19.5 Å². The van der Waals surface area contributed by atoms with Gasteiger partial charge in [0.05, 0.1) is 12.1 Å². The Hall–Kier alpha value is -2.70. The predicted octanol–water partition coefficient (Wildman–Crippen LogP) is 2.34. The number of aromatic nitrogens is 1. The average Bonchev–Trinajstić information content (AvgIpc) is 2.93. The van der Waals surface area contributed by atoms with Gasteiger partial charge in [-0.05, 0) is 38.1 Å². The first-order valence-electron chi connectivity index (χ1n) is 7.08. The molecule has 0 radical (unpaired) electrons. The Morgan fingerprint density at radius 3 is 2.52 bits per heavy atom. The number of nitrogens with zero attached hydrogens (tertiary/aromatic N) is 2. The summed E-state index contributed by atoms with van der Waals surface area (Å²) in [6, 6.07) is 5.40. The van der Waals surface area contributed by atoms with E-state index in [-0.39, 0.29) is 36.6 Å². The van der Waals surface area contributed by atoms with Gasteiger partial charge >= 0.3 is 5.97 Å². The second-order valence-electron chi connectivity index (χ2n) is 5.34. The van der Waals surface area contributed by atoms with Crippen molar-refractivity contribution in [1.29, 1.82) is 0 Å². The molecule has 0 unspecified atom stereocenters. The zero-order valence-corrected chi connectivity index (χ0v) is 12.8. The second-order valence-corrected chi connectivity index (χ2v) is 5.34. The van der Waals surface area contributed by atoms with Crippen LogP contribution in [0.25, 0.3) is 11.5 Å². The predicted molar refractivity (Wildman–Crippen MR) is 80.1 cm³/mol. The standard InChI is InChI=1S/C16H17FN2O4/c1-10(2)19(8-15(21)22)14(20)7-13-9-23-16(18-13)11-3-5-12(17)6-4-11/h3-6,9-10H,7-8H2,1-2H3,(H,21,22). The van der Waals surface area contributed by atoms with Gasteiger partial charge < -0.3 is 14.4 Å². The van der Waals surface area contributed by atoms with Crippen molar-refractivity contribution in [3.05, 3.63) is 42.0 Å². The average molecular weight is 320 g/mol. The van der Waals surface area contributed by atoms with Crippen molar-refractivity contribution < 1.29 is 23.5 Å². The van der Waals surface area contributed by atoms with E-state index in [4.69, 9.17) is 9.52 Å². The molecule has 7 heteroatoms.